The third kappa shape index (κ3) is 5.26. The average molecular weight is 416 g/mol. The number of hydrogen-bond acceptors (Lipinski definition) is 6. The molecule has 3 rings (SSSR count). The number of aryl methyl sites for hydroxylation is 1. The molecule has 8 heteroatoms. The van der Waals surface area contributed by atoms with Crippen molar-refractivity contribution in [3.63, 3.8) is 0 Å². The Hall–Kier alpha value is -3.06. The van der Waals surface area contributed by atoms with Crippen molar-refractivity contribution in [2.24, 2.45) is 0 Å². The smallest absolute Gasteiger partial charge is 0.260 e. The van der Waals surface area contributed by atoms with Gasteiger partial charge >= 0.3 is 0 Å². The van der Waals surface area contributed by atoms with Gasteiger partial charge in [0.25, 0.3) is 5.91 Å². The SMILES string of the molecule is CCN(Cc1nc(-c2ccc(OC)cc2)no1)C(=O)COc1ccc(Cl)c(C)c1. The standard InChI is InChI=1S/C21H22ClN3O4/c1-4-25(20(26)13-28-17-9-10-18(22)14(2)11-17)12-19-23-21(24-29-19)15-5-7-16(27-3)8-6-15/h5-11H,4,12-13H2,1-3H3. The Morgan fingerprint density at radius 2 is 1.90 bits per heavy atom. The van der Waals surface area contributed by atoms with Crippen LogP contribution in [0.15, 0.2) is 47.0 Å². The highest BCUT2D eigenvalue weighted by atomic mass is 35.5. The summed E-state index contributed by atoms with van der Waals surface area (Å²) < 4.78 is 16.0. The summed E-state index contributed by atoms with van der Waals surface area (Å²) >= 11 is 6.01. The second-order valence-electron chi connectivity index (χ2n) is 6.35. The van der Waals surface area contributed by atoms with Gasteiger partial charge in [-0.15, -0.1) is 0 Å². The maximum atomic E-state index is 12.5. The first-order chi connectivity index (χ1) is 14.0. The molecule has 1 amide bonds. The molecule has 0 spiro atoms. The highest BCUT2D eigenvalue weighted by molar-refractivity contribution is 6.31. The van der Waals surface area contributed by atoms with E-state index in [-0.39, 0.29) is 19.1 Å². The number of halogens is 1. The Labute approximate surface area is 174 Å². The van der Waals surface area contributed by atoms with Crippen LogP contribution in [-0.4, -0.2) is 41.2 Å². The number of hydrogen-bond donors (Lipinski definition) is 0. The van der Waals surface area contributed by atoms with Gasteiger partial charge in [0.2, 0.25) is 11.7 Å². The van der Waals surface area contributed by atoms with Gasteiger partial charge in [0.05, 0.1) is 7.11 Å². The second kappa shape index (κ2) is 9.43. The molecule has 0 radical (unpaired) electrons. The first-order valence-electron chi connectivity index (χ1n) is 9.14. The first-order valence-corrected chi connectivity index (χ1v) is 9.51. The highest BCUT2D eigenvalue weighted by Gasteiger charge is 2.17. The molecule has 0 aliphatic heterocycles. The summed E-state index contributed by atoms with van der Waals surface area (Å²) in [6.45, 7) is 4.37. The zero-order valence-electron chi connectivity index (χ0n) is 16.5. The lowest BCUT2D eigenvalue weighted by Gasteiger charge is -2.19. The number of carbonyl (C=O) groups is 1. The number of ether oxygens (including phenoxy) is 2. The van der Waals surface area contributed by atoms with Crippen LogP contribution in [0.5, 0.6) is 11.5 Å². The monoisotopic (exact) mass is 415 g/mol. The van der Waals surface area contributed by atoms with Crippen molar-refractivity contribution in [1.29, 1.82) is 0 Å². The molecule has 0 atom stereocenters. The number of amides is 1. The molecular formula is C21H22ClN3O4. The molecule has 0 aliphatic rings. The summed E-state index contributed by atoms with van der Waals surface area (Å²) in [6.07, 6.45) is 0. The van der Waals surface area contributed by atoms with Crippen molar-refractivity contribution >= 4 is 17.5 Å². The van der Waals surface area contributed by atoms with E-state index in [1.54, 1.807) is 30.2 Å². The molecule has 0 saturated carbocycles. The van der Waals surface area contributed by atoms with E-state index < -0.39 is 0 Å². The largest absolute Gasteiger partial charge is 0.497 e. The van der Waals surface area contributed by atoms with E-state index in [9.17, 15) is 4.79 Å². The minimum atomic E-state index is -0.177. The van der Waals surface area contributed by atoms with Crippen LogP contribution in [0.3, 0.4) is 0 Å². The lowest BCUT2D eigenvalue weighted by Crippen LogP contribution is -2.34. The quantitative estimate of drug-likeness (QED) is 0.550. The minimum Gasteiger partial charge on any atom is -0.497 e. The molecule has 0 fully saturated rings. The van der Waals surface area contributed by atoms with Gasteiger partial charge in [-0.1, -0.05) is 16.8 Å². The van der Waals surface area contributed by atoms with Gasteiger partial charge < -0.3 is 18.9 Å². The van der Waals surface area contributed by atoms with Crippen LogP contribution >= 0.6 is 11.6 Å². The molecule has 7 nitrogen and oxygen atoms in total. The van der Waals surface area contributed by atoms with Crippen LogP contribution < -0.4 is 9.47 Å². The van der Waals surface area contributed by atoms with Crippen LogP contribution in [0.2, 0.25) is 5.02 Å². The normalized spacial score (nSPS) is 10.6. The zero-order valence-corrected chi connectivity index (χ0v) is 17.3. The molecule has 0 unspecified atom stereocenters. The van der Waals surface area contributed by atoms with E-state index in [0.717, 1.165) is 16.9 Å². The first kappa shape index (κ1) is 20.7. The molecular weight excluding hydrogens is 394 g/mol. The number of rotatable bonds is 8. The van der Waals surface area contributed by atoms with Crippen LogP contribution in [0.4, 0.5) is 0 Å². The lowest BCUT2D eigenvalue weighted by atomic mass is 10.2. The highest BCUT2D eigenvalue weighted by Crippen LogP contribution is 2.22. The number of benzene rings is 2. The van der Waals surface area contributed by atoms with Gasteiger partial charge in [-0.3, -0.25) is 4.79 Å². The molecule has 1 aromatic heterocycles. The van der Waals surface area contributed by atoms with Crippen LogP contribution in [-0.2, 0) is 11.3 Å². The lowest BCUT2D eigenvalue weighted by molar-refractivity contribution is -0.134. The summed E-state index contributed by atoms with van der Waals surface area (Å²) in [6, 6.07) is 12.6. The van der Waals surface area contributed by atoms with Crippen molar-refractivity contribution in [3.8, 4) is 22.9 Å². The van der Waals surface area contributed by atoms with Crippen molar-refractivity contribution in [1.82, 2.24) is 15.0 Å². The number of aromatic nitrogens is 2. The van der Waals surface area contributed by atoms with Crippen LogP contribution in [0.25, 0.3) is 11.4 Å². The van der Waals surface area contributed by atoms with Crippen molar-refractivity contribution < 1.29 is 18.8 Å². The number of nitrogens with zero attached hydrogens (tertiary/aromatic N) is 3. The zero-order chi connectivity index (χ0) is 20.8. The number of carbonyl (C=O) groups excluding carboxylic acids is 1. The molecule has 0 aliphatic carbocycles. The molecule has 152 valence electrons. The van der Waals surface area contributed by atoms with E-state index in [4.69, 9.17) is 25.6 Å². The summed E-state index contributed by atoms with van der Waals surface area (Å²) in [7, 11) is 1.61. The molecule has 0 bridgehead atoms. The second-order valence-corrected chi connectivity index (χ2v) is 6.76. The molecule has 1 heterocycles. The Morgan fingerprint density at radius 1 is 1.17 bits per heavy atom. The van der Waals surface area contributed by atoms with Crippen LogP contribution in [0, 0.1) is 6.92 Å². The predicted molar refractivity (Wildman–Crippen MR) is 109 cm³/mol. The van der Waals surface area contributed by atoms with Crippen molar-refractivity contribution in [2.75, 3.05) is 20.3 Å². The maximum absolute atomic E-state index is 12.5. The summed E-state index contributed by atoms with van der Waals surface area (Å²) in [4.78, 5) is 18.5. The predicted octanol–water partition coefficient (Wildman–Crippen LogP) is 4.13. The van der Waals surface area contributed by atoms with Gasteiger partial charge in [-0.2, -0.15) is 4.98 Å². The van der Waals surface area contributed by atoms with E-state index in [2.05, 4.69) is 10.1 Å². The van der Waals surface area contributed by atoms with E-state index in [1.165, 1.54) is 0 Å². The van der Waals surface area contributed by atoms with Crippen molar-refractivity contribution in [2.45, 2.75) is 20.4 Å². The van der Waals surface area contributed by atoms with Gasteiger partial charge in [0, 0.05) is 17.1 Å². The Balaban J connectivity index is 1.60. The fourth-order valence-electron chi connectivity index (χ4n) is 2.66. The molecule has 2 aromatic carbocycles. The molecule has 29 heavy (non-hydrogen) atoms. The van der Waals surface area contributed by atoms with Gasteiger partial charge in [0.15, 0.2) is 6.61 Å². The Bertz CT molecular complexity index is 972. The van der Waals surface area contributed by atoms with Gasteiger partial charge in [-0.05, 0) is 61.9 Å². The van der Waals surface area contributed by atoms with E-state index >= 15 is 0 Å². The third-order valence-corrected chi connectivity index (χ3v) is 4.79. The summed E-state index contributed by atoms with van der Waals surface area (Å²) in [5, 5.41) is 4.65. The Kier molecular flexibility index (Phi) is 6.72. The van der Waals surface area contributed by atoms with Crippen LogP contribution in [0.1, 0.15) is 18.4 Å². The van der Waals surface area contributed by atoms with Crippen molar-refractivity contribution in [3.05, 3.63) is 58.9 Å². The van der Waals surface area contributed by atoms with E-state index in [0.29, 0.717) is 29.0 Å². The fraction of sp³-hybridized carbons (Fsp3) is 0.286. The van der Waals surface area contributed by atoms with E-state index in [1.807, 2.05) is 38.1 Å². The topological polar surface area (TPSA) is 77.7 Å². The summed E-state index contributed by atoms with van der Waals surface area (Å²) in [5.41, 5.74) is 1.69. The number of methoxy groups -OCH3 is 1. The van der Waals surface area contributed by atoms with Gasteiger partial charge in [-0.25, -0.2) is 0 Å². The molecule has 3 aromatic rings. The molecule has 0 saturated heterocycles. The molecule has 0 N–H and O–H groups in total. The Morgan fingerprint density at radius 3 is 2.55 bits per heavy atom. The summed E-state index contributed by atoms with van der Waals surface area (Å²) in [5.74, 6) is 1.98. The average Bonchev–Trinajstić information content (AvgIpc) is 3.21. The number of likely N-dealkylation sites (N-methyl/N-ethyl adjacent to an activating group) is 1. The third-order valence-electron chi connectivity index (χ3n) is 4.37. The minimum absolute atomic E-state index is 0.0889. The maximum Gasteiger partial charge on any atom is 0.260 e. The fourth-order valence-corrected chi connectivity index (χ4v) is 2.78. The van der Waals surface area contributed by atoms with Gasteiger partial charge in [0.1, 0.15) is 18.0 Å².